The molecule has 0 N–H and O–H groups in total. The lowest BCUT2D eigenvalue weighted by molar-refractivity contribution is -0.144. The van der Waals surface area contributed by atoms with E-state index in [1.54, 1.807) is 25.3 Å². The Morgan fingerprint density at radius 2 is 2.10 bits per heavy atom. The molecule has 2 heterocycles. The summed E-state index contributed by atoms with van der Waals surface area (Å²) < 4.78 is 4.93. The van der Waals surface area contributed by atoms with Crippen LogP contribution in [0.3, 0.4) is 0 Å². The molecule has 1 aromatic heterocycles. The first-order valence-corrected chi connectivity index (χ1v) is 7.04. The van der Waals surface area contributed by atoms with Crippen molar-refractivity contribution in [1.82, 2.24) is 9.88 Å². The number of hydrogen-bond acceptors (Lipinski definition) is 5. The molecule has 0 amide bonds. The Balaban J connectivity index is 1.82. The summed E-state index contributed by atoms with van der Waals surface area (Å²) in [5, 5.41) is 0. The Morgan fingerprint density at radius 1 is 1.35 bits per heavy atom. The second kappa shape index (κ2) is 7.14. The van der Waals surface area contributed by atoms with Crippen LogP contribution in [0.25, 0.3) is 0 Å². The number of carbonyl (C=O) groups is 2. The molecule has 1 fully saturated rings. The summed E-state index contributed by atoms with van der Waals surface area (Å²) >= 11 is 0. The minimum absolute atomic E-state index is 0.0170. The van der Waals surface area contributed by atoms with Crippen molar-refractivity contribution in [2.24, 2.45) is 5.92 Å². The predicted octanol–water partition coefficient (Wildman–Crippen LogP) is 1.54. The van der Waals surface area contributed by atoms with Crippen molar-refractivity contribution in [3.05, 3.63) is 30.1 Å². The zero-order valence-corrected chi connectivity index (χ0v) is 11.7. The number of ether oxygens (including phenoxy) is 1. The second-order valence-electron chi connectivity index (χ2n) is 4.93. The molecule has 5 nitrogen and oxygen atoms in total. The number of piperidine rings is 1. The van der Waals surface area contributed by atoms with Crippen molar-refractivity contribution in [2.75, 3.05) is 26.2 Å². The summed E-state index contributed by atoms with van der Waals surface area (Å²) in [5.74, 6) is -0.0632. The van der Waals surface area contributed by atoms with Crippen LogP contribution in [0, 0.1) is 5.92 Å². The molecular weight excluding hydrogens is 256 g/mol. The van der Waals surface area contributed by atoms with Crippen molar-refractivity contribution in [2.45, 2.75) is 19.8 Å². The highest BCUT2D eigenvalue weighted by molar-refractivity contribution is 5.96. The average Bonchev–Trinajstić information content (AvgIpc) is 2.48. The molecule has 108 valence electrons. The Hall–Kier alpha value is -1.75. The topological polar surface area (TPSA) is 59.5 Å². The van der Waals surface area contributed by atoms with Gasteiger partial charge in [0.25, 0.3) is 0 Å². The monoisotopic (exact) mass is 276 g/mol. The van der Waals surface area contributed by atoms with E-state index in [9.17, 15) is 9.59 Å². The molecule has 0 spiro atoms. The van der Waals surface area contributed by atoms with Gasteiger partial charge in [-0.05, 0) is 45.0 Å². The highest BCUT2D eigenvalue weighted by atomic mass is 16.5. The van der Waals surface area contributed by atoms with Crippen LogP contribution >= 0.6 is 0 Å². The van der Waals surface area contributed by atoms with Crippen LogP contribution in [-0.2, 0) is 9.53 Å². The average molecular weight is 276 g/mol. The van der Waals surface area contributed by atoms with Crippen molar-refractivity contribution in [3.8, 4) is 0 Å². The third kappa shape index (κ3) is 3.87. The molecule has 1 aliphatic heterocycles. The SMILES string of the molecule is CCOC(=O)CN1CCC(C(=O)c2ccccn2)CC1. The van der Waals surface area contributed by atoms with Crippen molar-refractivity contribution in [3.63, 3.8) is 0 Å². The van der Waals surface area contributed by atoms with E-state index < -0.39 is 0 Å². The fraction of sp³-hybridized carbons (Fsp3) is 0.533. The van der Waals surface area contributed by atoms with E-state index in [0.717, 1.165) is 25.9 Å². The van der Waals surface area contributed by atoms with Gasteiger partial charge < -0.3 is 4.74 Å². The van der Waals surface area contributed by atoms with Crippen molar-refractivity contribution < 1.29 is 14.3 Å². The first-order valence-electron chi connectivity index (χ1n) is 7.04. The summed E-state index contributed by atoms with van der Waals surface area (Å²) in [7, 11) is 0. The quantitative estimate of drug-likeness (QED) is 0.603. The summed E-state index contributed by atoms with van der Waals surface area (Å²) in [6.45, 7) is 4.03. The van der Waals surface area contributed by atoms with Gasteiger partial charge in [-0.2, -0.15) is 0 Å². The molecular formula is C15H20N2O3. The van der Waals surface area contributed by atoms with Crippen LogP contribution in [0.4, 0.5) is 0 Å². The largest absolute Gasteiger partial charge is 0.465 e. The Morgan fingerprint density at radius 3 is 2.70 bits per heavy atom. The van der Waals surface area contributed by atoms with Gasteiger partial charge in [0.05, 0.1) is 13.2 Å². The number of esters is 1. The van der Waals surface area contributed by atoms with E-state index in [1.807, 2.05) is 11.0 Å². The molecule has 1 saturated heterocycles. The molecule has 0 radical (unpaired) electrons. The van der Waals surface area contributed by atoms with Gasteiger partial charge in [-0.25, -0.2) is 0 Å². The van der Waals surface area contributed by atoms with Crippen molar-refractivity contribution >= 4 is 11.8 Å². The van der Waals surface area contributed by atoms with Gasteiger partial charge in [-0.15, -0.1) is 0 Å². The molecule has 5 heteroatoms. The van der Waals surface area contributed by atoms with Crippen molar-refractivity contribution in [1.29, 1.82) is 0 Å². The second-order valence-corrected chi connectivity index (χ2v) is 4.93. The van der Waals surface area contributed by atoms with Crippen LogP contribution < -0.4 is 0 Å². The first-order chi connectivity index (χ1) is 9.70. The smallest absolute Gasteiger partial charge is 0.320 e. The maximum absolute atomic E-state index is 12.3. The molecule has 0 unspecified atom stereocenters. The number of Topliss-reactive ketones (excluding diaryl/α,β-unsaturated/α-hetero) is 1. The number of ketones is 1. The van der Waals surface area contributed by atoms with E-state index in [4.69, 9.17) is 4.74 Å². The fourth-order valence-corrected chi connectivity index (χ4v) is 2.46. The molecule has 0 saturated carbocycles. The van der Waals surface area contributed by atoms with Crippen LogP contribution in [-0.4, -0.2) is 47.9 Å². The Bertz CT molecular complexity index is 453. The zero-order valence-electron chi connectivity index (χ0n) is 11.7. The number of pyridine rings is 1. The highest BCUT2D eigenvalue weighted by Crippen LogP contribution is 2.20. The van der Waals surface area contributed by atoms with Crippen LogP contribution in [0.5, 0.6) is 0 Å². The summed E-state index contributed by atoms with van der Waals surface area (Å²) in [5.41, 5.74) is 0.538. The standard InChI is InChI=1S/C15H20N2O3/c1-2-20-14(18)11-17-9-6-12(7-10-17)15(19)13-5-3-4-8-16-13/h3-5,8,12H,2,6-7,9-11H2,1H3. The minimum Gasteiger partial charge on any atom is -0.465 e. The highest BCUT2D eigenvalue weighted by Gasteiger charge is 2.27. The third-order valence-electron chi connectivity index (χ3n) is 3.53. The molecule has 1 aliphatic rings. The number of likely N-dealkylation sites (tertiary alicyclic amines) is 1. The van der Waals surface area contributed by atoms with E-state index in [1.165, 1.54) is 0 Å². The van der Waals surface area contributed by atoms with E-state index >= 15 is 0 Å². The molecule has 0 bridgehead atoms. The zero-order chi connectivity index (χ0) is 14.4. The predicted molar refractivity (Wildman–Crippen MR) is 74.4 cm³/mol. The molecule has 2 rings (SSSR count). The number of aromatic nitrogens is 1. The minimum atomic E-state index is -0.193. The van der Waals surface area contributed by atoms with E-state index in [-0.39, 0.29) is 17.7 Å². The fourth-order valence-electron chi connectivity index (χ4n) is 2.46. The maximum Gasteiger partial charge on any atom is 0.320 e. The third-order valence-corrected chi connectivity index (χ3v) is 3.53. The molecule has 0 aromatic carbocycles. The Labute approximate surface area is 118 Å². The maximum atomic E-state index is 12.3. The molecule has 0 atom stereocenters. The van der Waals surface area contributed by atoms with Gasteiger partial charge in [0, 0.05) is 12.1 Å². The molecule has 0 aliphatic carbocycles. The van der Waals surface area contributed by atoms with Gasteiger partial charge in [0.2, 0.25) is 0 Å². The first kappa shape index (κ1) is 14.7. The Kier molecular flexibility index (Phi) is 5.24. The molecule has 20 heavy (non-hydrogen) atoms. The lowest BCUT2D eigenvalue weighted by Gasteiger charge is -2.30. The summed E-state index contributed by atoms with van der Waals surface area (Å²) in [4.78, 5) is 29.8. The van der Waals surface area contributed by atoms with Gasteiger partial charge in [-0.3, -0.25) is 19.5 Å². The molecule has 1 aromatic rings. The number of nitrogens with zero attached hydrogens (tertiary/aromatic N) is 2. The number of rotatable bonds is 5. The summed E-state index contributed by atoms with van der Waals surface area (Å²) in [6, 6.07) is 5.39. The number of carbonyl (C=O) groups excluding carboxylic acids is 2. The van der Waals surface area contributed by atoms with Crippen LogP contribution in [0.1, 0.15) is 30.3 Å². The summed E-state index contributed by atoms with van der Waals surface area (Å²) in [6.07, 6.45) is 3.19. The lowest BCUT2D eigenvalue weighted by Crippen LogP contribution is -2.39. The lowest BCUT2D eigenvalue weighted by atomic mass is 9.91. The van der Waals surface area contributed by atoms with Crippen LogP contribution in [0.2, 0.25) is 0 Å². The normalized spacial score (nSPS) is 16.9. The van der Waals surface area contributed by atoms with Gasteiger partial charge in [0.15, 0.2) is 5.78 Å². The van der Waals surface area contributed by atoms with Gasteiger partial charge >= 0.3 is 5.97 Å². The van der Waals surface area contributed by atoms with E-state index in [2.05, 4.69) is 4.98 Å². The van der Waals surface area contributed by atoms with E-state index in [0.29, 0.717) is 18.8 Å². The van der Waals surface area contributed by atoms with Crippen LogP contribution in [0.15, 0.2) is 24.4 Å². The van der Waals surface area contributed by atoms with Gasteiger partial charge in [0.1, 0.15) is 5.69 Å². The van der Waals surface area contributed by atoms with Gasteiger partial charge in [-0.1, -0.05) is 6.07 Å². The number of hydrogen-bond donors (Lipinski definition) is 0.